The molecule has 2 heterocycles. The summed E-state index contributed by atoms with van der Waals surface area (Å²) in [5, 5.41) is 8.90. The van der Waals surface area contributed by atoms with Crippen molar-refractivity contribution in [2.75, 3.05) is 13.1 Å². The van der Waals surface area contributed by atoms with Gasteiger partial charge in [-0.3, -0.25) is 9.59 Å². The van der Waals surface area contributed by atoms with Gasteiger partial charge in [-0.1, -0.05) is 6.07 Å². The van der Waals surface area contributed by atoms with E-state index in [1.165, 1.54) is 0 Å². The van der Waals surface area contributed by atoms with Gasteiger partial charge in [0.1, 0.15) is 5.69 Å². The molecule has 0 aromatic carbocycles. The lowest BCUT2D eigenvalue weighted by Gasteiger charge is -2.29. The van der Waals surface area contributed by atoms with Gasteiger partial charge in [0, 0.05) is 18.8 Å². The molecule has 1 aromatic rings. The van der Waals surface area contributed by atoms with Crippen molar-refractivity contribution < 1.29 is 14.7 Å². The monoisotopic (exact) mass is 248 g/mol. The quantitative estimate of drug-likeness (QED) is 0.857. The second-order valence-electron chi connectivity index (χ2n) is 4.57. The number of carboxylic acids is 1. The number of hydrogen-bond acceptors (Lipinski definition) is 3. The number of hydrogen-bond donors (Lipinski definition) is 1. The Kier molecular flexibility index (Phi) is 3.60. The molecule has 0 unspecified atom stereocenters. The zero-order valence-electron chi connectivity index (χ0n) is 10.3. The maximum Gasteiger partial charge on any atom is 0.306 e. The number of carboxylic acid groups (broad SMARTS) is 1. The van der Waals surface area contributed by atoms with Crippen LogP contribution in [0.1, 0.15) is 29.0 Å². The third-order valence-electron chi connectivity index (χ3n) is 3.24. The molecule has 0 aliphatic carbocycles. The zero-order valence-corrected chi connectivity index (χ0v) is 10.3. The highest BCUT2D eigenvalue weighted by Gasteiger charge is 2.27. The molecule has 1 N–H and O–H groups in total. The van der Waals surface area contributed by atoms with Gasteiger partial charge in [0.15, 0.2) is 0 Å². The minimum absolute atomic E-state index is 0.109. The van der Waals surface area contributed by atoms with Crippen molar-refractivity contribution in [3.05, 3.63) is 29.6 Å². The lowest BCUT2D eigenvalue weighted by Crippen LogP contribution is -2.40. The molecule has 5 nitrogen and oxygen atoms in total. The fourth-order valence-corrected chi connectivity index (χ4v) is 2.15. The predicted molar refractivity (Wildman–Crippen MR) is 65.2 cm³/mol. The summed E-state index contributed by atoms with van der Waals surface area (Å²) < 4.78 is 0. The Hall–Kier alpha value is -1.91. The first-order valence-corrected chi connectivity index (χ1v) is 6.03. The van der Waals surface area contributed by atoms with E-state index in [2.05, 4.69) is 4.98 Å². The number of rotatable bonds is 2. The van der Waals surface area contributed by atoms with Crippen molar-refractivity contribution >= 4 is 11.9 Å². The van der Waals surface area contributed by atoms with Crippen LogP contribution in [0.15, 0.2) is 18.2 Å². The largest absolute Gasteiger partial charge is 0.481 e. The number of piperidine rings is 1. The van der Waals surface area contributed by atoms with Crippen molar-refractivity contribution in [3.63, 3.8) is 0 Å². The molecule has 5 heteroatoms. The third kappa shape index (κ3) is 2.67. The molecule has 1 aliphatic heterocycles. The molecule has 18 heavy (non-hydrogen) atoms. The summed E-state index contributed by atoms with van der Waals surface area (Å²) in [6.45, 7) is 2.82. The van der Waals surface area contributed by atoms with E-state index in [0.29, 0.717) is 31.6 Å². The van der Waals surface area contributed by atoms with Gasteiger partial charge in [0.2, 0.25) is 0 Å². The Morgan fingerprint density at radius 3 is 2.56 bits per heavy atom. The summed E-state index contributed by atoms with van der Waals surface area (Å²) in [6, 6.07) is 5.34. The second-order valence-corrected chi connectivity index (χ2v) is 4.57. The van der Waals surface area contributed by atoms with E-state index in [-0.39, 0.29) is 11.8 Å². The van der Waals surface area contributed by atoms with Gasteiger partial charge in [-0.05, 0) is 31.9 Å². The van der Waals surface area contributed by atoms with Gasteiger partial charge in [-0.2, -0.15) is 0 Å². The first-order valence-electron chi connectivity index (χ1n) is 6.03. The van der Waals surface area contributed by atoms with Crippen LogP contribution in [-0.4, -0.2) is 40.0 Å². The minimum atomic E-state index is -0.768. The average Bonchev–Trinajstić information content (AvgIpc) is 2.38. The Labute approximate surface area is 105 Å². The number of carbonyl (C=O) groups excluding carboxylic acids is 1. The zero-order chi connectivity index (χ0) is 13.1. The Morgan fingerprint density at radius 2 is 2.00 bits per heavy atom. The molecule has 0 bridgehead atoms. The van der Waals surface area contributed by atoms with E-state index in [1.807, 2.05) is 13.0 Å². The number of likely N-dealkylation sites (tertiary alicyclic amines) is 1. The smallest absolute Gasteiger partial charge is 0.306 e. The molecule has 1 fully saturated rings. The predicted octanol–water partition coefficient (Wildman–Crippen LogP) is 1.33. The molecule has 1 saturated heterocycles. The molecular formula is C13H16N2O3. The van der Waals surface area contributed by atoms with Crippen molar-refractivity contribution in [1.29, 1.82) is 0 Å². The number of aromatic nitrogens is 1. The maximum atomic E-state index is 12.1. The first kappa shape index (κ1) is 12.5. The van der Waals surface area contributed by atoms with Gasteiger partial charge in [-0.15, -0.1) is 0 Å². The molecule has 1 amide bonds. The second kappa shape index (κ2) is 5.16. The minimum Gasteiger partial charge on any atom is -0.481 e. The highest BCUT2D eigenvalue weighted by Crippen LogP contribution is 2.18. The van der Waals surface area contributed by atoms with Gasteiger partial charge < -0.3 is 10.0 Å². The normalized spacial score (nSPS) is 16.6. The molecule has 0 atom stereocenters. The van der Waals surface area contributed by atoms with Gasteiger partial charge in [0.25, 0.3) is 5.91 Å². The summed E-state index contributed by atoms with van der Waals surface area (Å²) in [5.74, 6) is -1.20. The number of pyridine rings is 1. The Balaban J connectivity index is 2.02. The van der Waals surface area contributed by atoms with Crippen molar-refractivity contribution in [3.8, 4) is 0 Å². The summed E-state index contributed by atoms with van der Waals surface area (Å²) >= 11 is 0. The third-order valence-corrected chi connectivity index (χ3v) is 3.24. The SMILES string of the molecule is Cc1cccc(C(=O)N2CCC(C(=O)O)CC2)n1. The number of aliphatic carboxylic acids is 1. The molecule has 0 spiro atoms. The molecule has 0 radical (unpaired) electrons. The van der Waals surface area contributed by atoms with E-state index in [1.54, 1.807) is 17.0 Å². The van der Waals surface area contributed by atoms with Crippen LogP contribution in [0, 0.1) is 12.8 Å². The van der Waals surface area contributed by atoms with Crippen molar-refractivity contribution in [2.45, 2.75) is 19.8 Å². The molecule has 1 aliphatic rings. The topological polar surface area (TPSA) is 70.5 Å². The molecular weight excluding hydrogens is 232 g/mol. The van der Waals surface area contributed by atoms with E-state index in [4.69, 9.17) is 5.11 Å². The van der Waals surface area contributed by atoms with Gasteiger partial charge in [-0.25, -0.2) is 4.98 Å². The van der Waals surface area contributed by atoms with Crippen molar-refractivity contribution in [1.82, 2.24) is 9.88 Å². The fourth-order valence-electron chi connectivity index (χ4n) is 2.15. The number of aryl methyl sites for hydroxylation is 1. The number of amides is 1. The summed E-state index contributed by atoms with van der Waals surface area (Å²) in [4.78, 5) is 28.9. The van der Waals surface area contributed by atoms with E-state index < -0.39 is 5.97 Å². The summed E-state index contributed by atoms with van der Waals surface area (Å²) in [7, 11) is 0. The van der Waals surface area contributed by atoms with Crippen LogP contribution in [0.2, 0.25) is 0 Å². The lowest BCUT2D eigenvalue weighted by atomic mass is 9.97. The van der Waals surface area contributed by atoms with Gasteiger partial charge >= 0.3 is 5.97 Å². The first-order chi connectivity index (χ1) is 8.58. The number of nitrogens with zero attached hydrogens (tertiary/aromatic N) is 2. The number of carbonyl (C=O) groups is 2. The van der Waals surface area contributed by atoms with Crippen LogP contribution in [0.5, 0.6) is 0 Å². The van der Waals surface area contributed by atoms with Crippen LogP contribution in [-0.2, 0) is 4.79 Å². The maximum absolute atomic E-state index is 12.1. The van der Waals surface area contributed by atoms with Crippen LogP contribution in [0.4, 0.5) is 0 Å². The van der Waals surface area contributed by atoms with Gasteiger partial charge in [0.05, 0.1) is 5.92 Å². The lowest BCUT2D eigenvalue weighted by molar-refractivity contribution is -0.143. The molecule has 96 valence electrons. The molecule has 1 aromatic heterocycles. The van der Waals surface area contributed by atoms with E-state index in [0.717, 1.165) is 5.69 Å². The van der Waals surface area contributed by atoms with Crippen LogP contribution in [0.25, 0.3) is 0 Å². The van der Waals surface area contributed by atoms with Crippen LogP contribution in [0.3, 0.4) is 0 Å². The standard InChI is InChI=1S/C13H16N2O3/c1-9-3-2-4-11(14-9)12(16)15-7-5-10(6-8-15)13(17)18/h2-4,10H,5-8H2,1H3,(H,17,18). The van der Waals surface area contributed by atoms with Crippen LogP contribution >= 0.6 is 0 Å². The molecule has 0 saturated carbocycles. The van der Waals surface area contributed by atoms with Crippen molar-refractivity contribution in [2.24, 2.45) is 5.92 Å². The fraction of sp³-hybridized carbons (Fsp3) is 0.462. The highest BCUT2D eigenvalue weighted by atomic mass is 16.4. The summed E-state index contributed by atoms with van der Waals surface area (Å²) in [5.41, 5.74) is 1.24. The highest BCUT2D eigenvalue weighted by molar-refractivity contribution is 5.92. The summed E-state index contributed by atoms with van der Waals surface area (Å²) in [6.07, 6.45) is 1.04. The average molecular weight is 248 g/mol. The van der Waals surface area contributed by atoms with Crippen LogP contribution < -0.4 is 0 Å². The van der Waals surface area contributed by atoms with E-state index >= 15 is 0 Å². The molecule has 2 rings (SSSR count). The Bertz CT molecular complexity index is 465. The Morgan fingerprint density at radius 1 is 1.33 bits per heavy atom. The van der Waals surface area contributed by atoms with E-state index in [9.17, 15) is 9.59 Å².